The molecular weight excluding hydrogens is 230 g/mol. The van der Waals surface area contributed by atoms with Crippen LogP contribution in [-0.4, -0.2) is 34.0 Å². The Kier molecular flexibility index (Phi) is 3.41. The van der Waals surface area contributed by atoms with E-state index in [-0.39, 0.29) is 17.2 Å². The Morgan fingerprint density at radius 1 is 1.50 bits per heavy atom. The lowest BCUT2D eigenvalue weighted by atomic mass is 9.81. The number of carbonyl (C=O) groups is 1. The first-order valence-corrected chi connectivity index (χ1v) is 6.52. The molecule has 100 valence electrons. The molecule has 1 aromatic heterocycles. The lowest BCUT2D eigenvalue weighted by molar-refractivity contribution is -0.136. The highest BCUT2D eigenvalue weighted by molar-refractivity contribution is 5.78. The van der Waals surface area contributed by atoms with Crippen LogP contribution in [0, 0.1) is 12.8 Å². The van der Waals surface area contributed by atoms with Gasteiger partial charge in [0.25, 0.3) is 0 Å². The number of likely N-dealkylation sites (tertiary alicyclic amines) is 1. The van der Waals surface area contributed by atoms with Crippen LogP contribution in [0.1, 0.15) is 45.3 Å². The van der Waals surface area contributed by atoms with Gasteiger partial charge in [0.2, 0.25) is 11.8 Å². The summed E-state index contributed by atoms with van der Waals surface area (Å²) in [7, 11) is 0. The molecule has 1 atom stereocenters. The fourth-order valence-electron chi connectivity index (χ4n) is 2.51. The predicted molar refractivity (Wildman–Crippen MR) is 67.0 cm³/mol. The molecule has 1 unspecified atom stereocenters. The van der Waals surface area contributed by atoms with E-state index in [9.17, 15) is 4.79 Å². The van der Waals surface area contributed by atoms with Crippen LogP contribution in [-0.2, 0) is 10.2 Å². The van der Waals surface area contributed by atoms with E-state index in [0.29, 0.717) is 18.3 Å². The minimum Gasteiger partial charge on any atom is -0.341 e. The largest absolute Gasteiger partial charge is 0.341 e. The molecule has 2 rings (SSSR count). The molecular formula is C13H21N3O2. The van der Waals surface area contributed by atoms with Crippen molar-refractivity contribution in [3.8, 4) is 0 Å². The summed E-state index contributed by atoms with van der Waals surface area (Å²) in [6.45, 7) is 9.29. The van der Waals surface area contributed by atoms with Crippen molar-refractivity contribution in [1.29, 1.82) is 0 Å². The SMILES string of the molecule is Cc1noc(C2(C)CCCN(C(=O)C(C)C)C2)n1. The van der Waals surface area contributed by atoms with Gasteiger partial charge in [-0.05, 0) is 26.7 Å². The molecule has 1 aliphatic heterocycles. The normalized spacial score (nSPS) is 24.6. The van der Waals surface area contributed by atoms with Crippen LogP contribution in [0.15, 0.2) is 4.52 Å². The van der Waals surface area contributed by atoms with Crippen molar-refractivity contribution in [2.75, 3.05) is 13.1 Å². The van der Waals surface area contributed by atoms with Crippen molar-refractivity contribution < 1.29 is 9.32 Å². The Morgan fingerprint density at radius 3 is 2.78 bits per heavy atom. The summed E-state index contributed by atoms with van der Waals surface area (Å²) in [6.07, 6.45) is 1.97. The second-order valence-corrected chi connectivity index (χ2v) is 5.73. The smallest absolute Gasteiger partial charge is 0.234 e. The molecule has 0 spiro atoms. The molecule has 0 aromatic carbocycles. The highest BCUT2D eigenvalue weighted by Crippen LogP contribution is 2.33. The fraction of sp³-hybridized carbons (Fsp3) is 0.769. The molecule has 0 aliphatic carbocycles. The third kappa shape index (κ3) is 2.40. The van der Waals surface area contributed by atoms with Gasteiger partial charge in [-0.25, -0.2) is 0 Å². The van der Waals surface area contributed by atoms with Crippen LogP contribution >= 0.6 is 0 Å². The van der Waals surface area contributed by atoms with Crippen LogP contribution in [0.3, 0.4) is 0 Å². The zero-order valence-corrected chi connectivity index (χ0v) is 11.6. The summed E-state index contributed by atoms with van der Waals surface area (Å²) < 4.78 is 5.30. The van der Waals surface area contributed by atoms with Crippen molar-refractivity contribution in [2.45, 2.75) is 46.0 Å². The van der Waals surface area contributed by atoms with E-state index in [1.54, 1.807) is 0 Å². The van der Waals surface area contributed by atoms with Gasteiger partial charge in [0, 0.05) is 19.0 Å². The number of aromatic nitrogens is 2. The zero-order chi connectivity index (χ0) is 13.3. The van der Waals surface area contributed by atoms with Crippen LogP contribution in [0.5, 0.6) is 0 Å². The summed E-state index contributed by atoms with van der Waals surface area (Å²) >= 11 is 0. The topological polar surface area (TPSA) is 59.2 Å². The Bertz CT molecular complexity index is 441. The van der Waals surface area contributed by atoms with E-state index in [4.69, 9.17) is 4.52 Å². The van der Waals surface area contributed by atoms with Gasteiger partial charge in [0.05, 0.1) is 5.41 Å². The first-order valence-electron chi connectivity index (χ1n) is 6.52. The third-order valence-electron chi connectivity index (χ3n) is 3.55. The van der Waals surface area contributed by atoms with E-state index >= 15 is 0 Å². The highest BCUT2D eigenvalue weighted by Gasteiger charge is 2.39. The van der Waals surface area contributed by atoms with Crippen molar-refractivity contribution >= 4 is 5.91 Å². The average molecular weight is 251 g/mol. The Hall–Kier alpha value is -1.39. The number of piperidine rings is 1. The summed E-state index contributed by atoms with van der Waals surface area (Å²) in [5, 5.41) is 3.85. The Labute approximate surface area is 108 Å². The van der Waals surface area contributed by atoms with Gasteiger partial charge in [-0.15, -0.1) is 0 Å². The zero-order valence-electron chi connectivity index (χ0n) is 11.6. The molecule has 18 heavy (non-hydrogen) atoms. The first kappa shape index (κ1) is 13.1. The standard InChI is InChI=1S/C13H21N3O2/c1-9(2)11(17)16-7-5-6-13(4,8-16)12-14-10(3)15-18-12/h9H,5-8H2,1-4H3. The molecule has 1 saturated heterocycles. The minimum absolute atomic E-state index is 0.0387. The summed E-state index contributed by atoms with van der Waals surface area (Å²) in [5.74, 6) is 1.55. The van der Waals surface area contributed by atoms with Gasteiger partial charge in [-0.1, -0.05) is 19.0 Å². The molecule has 1 fully saturated rings. The van der Waals surface area contributed by atoms with Gasteiger partial charge in [-0.2, -0.15) is 4.98 Å². The number of carbonyl (C=O) groups excluding carboxylic acids is 1. The number of amides is 1. The van der Waals surface area contributed by atoms with Crippen LogP contribution in [0.25, 0.3) is 0 Å². The molecule has 1 aliphatic rings. The minimum atomic E-state index is -0.204. The molecule has 2 heterocycles. The molecule has 1 aromatic rings. The molecule has 5 nitrogen and oxygen atoms in total. The quantitative estimate of drug-likeness (QED) is 0.805. The number of aryl methyl sites for hydroxylation is 1. The van der Waals surface area contributed by atoms with E-state index in [1.165, 1.54) is 0 Å². The van der Waals surface area contributed by atoms with Gasteiger partial charge in [-0.3, -0.25) is 4.79 Å². The first-order chi connectivity index (χ1) is 8.42. The maximum atomic E-state index is 12.1. The van der Waals surface area contributed by atoms with E-state index in [0.717, 1.165) is 19.4 Å². The monoisotopic (exact) mass is 251 g/mol. The van der Waals surface area contributed by atoms with Crippen LogP contribution in [0.4, 0.5) is 0 Å². The van der Waals surface area contributed by atoms with Gasteiger partial charge in [0.1, 0.15) is 0 Å². The molecule has 0 bridgehead atoms. The molecule has 1 amide bonds. The highest BCUT2D eigenvalue weighted by atomic mass is 16.5. The van der Waals surface area contributed by atoms with Crippen molar-refractivity contribution in [2.24, 2.45) is 5.92 Å². The summed E-state index contributed by atoms with van der Waals surface area (Å²) in [4.78, 5) is 18.3. The van der Waals surface area contributed by atoms with Crippen molar-refractivity contribution in [3.05, 3.63) is 11.7 Å². The lowest BCUT2D eigenvalue weighted by Crippen LogP contribution is -2.48. The molecule has 0 saturated carbocycles. The number of hydrogen-bond donors (Lipinski definition) is 0. The van der Waals surface area contributed by atoms with E-state index in [1.807, 2.05) is 25.7 Å². The third-order valence-corrected chi connectivity index (χ3v) is 3.55. The Balaban J connectivity index is 2.17. The van der Waals surface area contributed by atoms with Gasteiger partial charge >= 0.3 is 0 Å². The van der Waals surface area contributed by atoms with Gasteiger partial charge in [0.15, 0.2) is 5.82 Å². The second kappa shape index (κ2) is 4.71. The van der Waals surface area contributed by atoms with E-state index < -0.39 is 0 Å². The maximum Gasteiger partial charge on any atom is 0.234 e. The number of nitrogens with zero attached hydrogens (tertiary/aromatic N) is 3. The fourth-order valence-corrected chi connectivity index (χ4v) is 2.51. The molecule has 0 N–H and O–H groups in total. The second-order valence-electron chi connectivity index (χ2n) is 5.73. The summed E-state index contributed by atoms with van der Waals surface area (Å²) in [6, 6.07) is 0. The number of hydrogen-bond acceptors (Lipinski definition) is 4. The maximum absolute atomic E-state index is 12.1. The predicted octanol–water partition coefficient (Wildman–Crippen LogP) is 1.91. The van der Waals surface area contributed by atoms with Crippen molar-refractivity contribution in [3.63, 3.8) is 0 Å². The summed E-state index contributed by atoms with van der Waals surface area (Å²) in [5.41, 5.74) is -0.204. The molecule has 5 heteroatoms. The lowest BCUT2D eigenvalue weighted by Gasteiger charge is -2.38. The van der Waals surface area contributed by atoms with E-state index in [2.05, 4.69) is 17.1 Å². The van der Waals surface area contributed by atoms with Crippen molar-refractivity contribution in [1.82, 2.24) is 15.0 Å². The Morgan fingerprint density at radius 2 is 2.22 bits per heavy atom. The molecule has 0 radical (unpaired) electrons. The van der Waals surface area contributed by atoms with Gasteiger partial charge < -0.3 is 9.42 Å². The number of rotatable bonds is 2. The average Bonchev–Trinajstić information content (AvgIpc) is 2.75. The van der Waals surface area contributed by atoms with Crippen LogP contribution < -0.4 is 0 Å². The van der Waals surface area contributed by atoms with Crippen LogP contribution in [0.2, 0.25) is 0 Å².